The molecule has 0 unspecified atom stereocenters. The number of para-hydroxylation sites is 1. The molecule has 0 aliphatic rings. The van der Waals surface area contributed by atoms with Crippen LogP contribution in [0.2, 0.25) is 0 Å². The Kier molecular flexibility index (Phi) is 3.76. The molecule has 2 aromatic heterocycles. The Bertz CT molecular complexity index is 975. The summed E-state index contributed by atoms with van der Waals surface area (Å²) in [6, 6.07) is 8.23. The zero-order valence-electron chi connectivity index (χ0n) is 13.5. The number of hydrogen-bond acceptors (Lipinski definition) is 4. The Morgan fingerprint density at radius 3 is 2.58 bits per heavy atom. The van der Waals surface area contributed by atoms with Crippen molar-refractivity contribution in [3.05, 3.63) is 58.5 Å². The summed E-state index contributed by atoms with van der Waals surface area (Å²) >= 11 is 0. The molecule has 122 valence electrons. The van der Waals surface area contributed by atoms with E-state index in [4.69, 9.17) is 0 Å². The molecule has 1 aromatic carbocycles. The first kappa shape index (κ1) is 15.7. The van der Waals surface area contributed by atoms with E-state index in [-0.39, 0.29) is 11.3 Å². The van der Waals surface area contributed by atoms with Gasteiger partial charge in [-0.25, -0.2) is 14.3 Å². The van der Waals surface area contributed by atoms with Gasteiger partial charge in [0.15, 0.2) is 5.65 Å². The summed E-state index contributed by atoms with van der Waals surface area (Å²) in [4.78, 5) is 28.4. The van der Waals surface area contributed by atoms with Crippen LogP contribution in [-0.4, -0.2) is 31.6 Å². The van der Waals surface area contributed by atoms with Crippen LogP contribution < -0.4 is 5.32 Å². The second-order valence-corrected chi connectivity index (χ2v) is 5.60. The fourth-order valence-electron chi connectivity index (χ4n) is 2.57. The SMILES string of the molecule is Cc1cc(C(=O)Nc2c(C)cccc2C(=O)O)n2nc(C)cc2n1. The molecule has 1 amide bonds. The predicted molar refractivity (Wildman–Crippen MR) is 88.6 cm³/mol. The molecule has 2 N–H and O–H groups in total. The lowest BCUT2D eigenvalue weighted by molar-refractivity contribution is 0.0698. The van der Waals surface area contributed by atoms with Crippen LogP contribution in [0.1, 0.15) is 37.8 Å². The quantitative estimate of drug-likeness (QED) is 0.772. The van der Waals surface area contributed by atoms with Crippen molar-refractivity contribution in [2.45, 2.75) is 20.8 Å². The van der Waals surface area contributed by atoms with Crippen LogP contribution >= 0.6 is 0 Å². The Labute approximate surface area is 138 Å². The van der Waals surface area contributed by atoms with Crippen LogP contribution in [0.5, 0.6) is 0 Å². The highest BCUT2D eigenvalue weighted by Crippen LogP contribution is 2.22. The molecule has 24 heavy (non-hydrogen) atoms. The van der Waals surface area contributed by atoms with Gasteiger partial charge in [0.1, 0.15) is 5.69 Å². The first-order valence-corrected chi connectivity index (χ1v) is 7.35. The molecule has 3 rings (SSSR count). The number of carboxylic acids is 1. The summed E-state index contributed by atoms with van der Waals surface area (Å²) in [7, 11) is 0. The third-order valence-electron chi connectivity index (χ3n) is 3.65. The van der Waals surface area contributed by atoms with E-state index < -0.39 is 11.9 Å². The largest absolute Gasteiger partial charge is 0.478 e. The van der Waals surface area contributed by atoms with Crippen molar-refractivity contribution >= 4 is 23.2 Å². The molecule has 0 radical (unpaired) electrons. The predicted octanol–water partition coefficient (Wildman–Crippen LogP) is 2.61. The molecule has 0 saturated carbocycles. The topological polar surface area (TPSA) is 96.6 Å². The van der Waals surface area contributed by atoms with Gasteiger partial charge in [-0.1, -0.05) is 12.1 Å². The third kappa shape index (κ3) is 2.71. The number of nitrogens with one attached hydrogen (secondary N) is 1. The molecule has 0 saturated heterocycles. The van der Waals surface area contributed by atoms with E-state index in [2.05, 4.69) is 15.4 Å². The molecule has 0 atom stereocenters. The van der Waals surface area contributed by atoms with Crippen molar-refractivity contribution in [1.82, 2.24) is 14.6 Å². The third-order valence-corrected chi connectivity index (χ3v) is 3.65. The van der Waals surface area contributed by atoms with Gasteiger partial charge in [0.25, 0.3) is 5.91 Å². The number of aromatic nitrogens is 3. The number of carbonyl (C=O) groups excluding carboxylic acids is 1. The van der Waals surface area contributed by atoms with Crippen LogP contribution in [0.4, 0.5) is 5.69 Å². The number of carbonyl (C=O) groups is 2. The van der Waals surface area contributed by atoms with Crippen LogP contribution in [-0.2, 0) is 0 Å². The Hall–Kier alpha value is -3.22. The van der Waals surface area contributed by atoms with Gasteiger partial charge < -0.3 is 10.4 Å². The number of aromatic carboxylic acids is 1. The first-order chi connectivity index (χ1) is 11.4. The number of fused-ring (bicyclic) bond motifs is 1. The van der Waals surface area contributed by atoms with Crippen molar-refractivity contribution in [3.8, 4) is 0 Å². The summed E-state index contributed by atoms with van der Waals surface area (Å²) < 4.78 is 1.45. The number of rotatable bonds is 3. The molecule has 0 aliphatic heterocycles. The molecule has 2 heterocycles. The van der Waals surface area contributed by atoms with E-state index in [9.17, 15) is 14.7 Å². The maximum atomic E-state index is 12.7. The van der Waals surface area contributed by atoms with Crippen LogP contribution in [0, 0.1) is 20.8 Å². The second kappa shape index (κ2) is 5.77. The number of amides is 1. The average molecular weight is 324 g/mol. The van der Waals surface area contributed by atoms with Gasteiger partial charge in [0, 0.05) is 11.8 Å². The summed E-state index contributed by atoms with van der Waals surface area (Å²) in [6.45, 7) is 5.35. The average Bonchev–Trinajstić information content (AvgIpc) is 2.87. The normalized spacial score (nSPS) is 10.8. The number of aryl methyl sites for hydroxylation is 3. The van der Waals surface area contributed by atoms with Crippen molar-refractivity contribution in [2.24, 2.45) is 0 Å². The fraction of sp³-hybridized carbons (Fsp3) is 0.176. The molecule has 3 aromatic rings. The van der Waals surface area contributed by atoms with Gasteiger partial charge in [0.2, 0.25) is 0 Å². The van der Waals surface area contributed by atoms with E-state index in [0.717, 1.165) is 5.69 Å². The number of nitrogens with zero attached hydrogens (tertiary/aromatic N) is 3. The van der Waals surface area contributed by atoms with Gasteiger partial charge in [-0.05, 0) is 38.5 Å². The van der Waals surface area contributed by atoms with Crippen LogP contribution in [0.25, 0.3) is 5.65 Å². The number of anilines is 1. The summed E-state index contributed by atoms with van der Waals surface area (Å²) in [5, 5.41) is 16.3. The van der Waals surface area contributed by atoms with Crippen molar-refractivity contribution in [2.75, 3.05) is 5.32 Å². The Morgan fingerprint density at radius 1 is 1.12 bits per heavy atom. The van der Waals surface area contributed by atoms with E-state index >= 15 is 0 Å². The van der Waals surface area contributed by atoms with Gasteiger partial charge in [-0.3, -0.25) is 4.79 Å². The van der Waals surface area contributed by atoms with E-state index in [1.165, 1.54) is 10.6 Å². The molecule has 0 spiro atoms. The summed E-state index contributed by atoms with van der Waals surface area (Å²) in [5.74, 6) is -1.54. The second-order valence-electron chi connectivity index (χ2n) is 5.60. The zero-order valence-corrected chi connectivity index (χ0v) is 13.5. The van der Waals surface area contributed by atoms with E-state index in [0.29, 0.717) is 22.6 Å². The van der Waals surface area contributed by atoms with Gasteiger partial charge in [0.05, 0.1) is 16.9 Å². The molecule has 0 bridgehead atoms. The molecule has 7 nitrogen and oxygen atoms in total. The van der Waals surface area contributed by atoms with E-state index in [1.807, 2.05) is 6.92 Å². The molecule has 7 heteroatoms. The summed E-state index contributed by atoms with van der Waals surface area (Å²) in [6.07, 6.45) is 0. The highest BCUT2D eigenvalue weighted by molar-refractivity contribution is 6.07. The molecular weight excluding hydrogens is 308 g/mol. The maximum absolute atomic E-state index is 12.7. The van der Waals surface area contributed by atoms with Gasteiger partial charge in [-0.15, -0.1) is 0 Å². The fourth-order valence-corrected chi connectivity index (χ4v) is 2.57. The summed E-state index contributed by atoms with van der Waals surface area (Å²) in [5.41, 5.74) is 3.27. The zero-order chi connectivity index (χ0) is 17.4. The smallest absolute Gasteiger partial charge is 0.337 e. The monoisotopic (exact) mass is 324 g/mol. The number of benzene rings is 1. The van der Waals surface area contributed by atoms with Crippen molar-refractivity contribution in [3.63, 3.8) is 0 Å². The van der Waals surface area contributed by atoms with Crippen LogP contribution in [0.15, 0.2) is 30.3 Å². The lowest BCUT2D eigenvalue weighted by atomic mass is 10.1. The lowest BCUT2D eigenvalue weighted by Crippen LogP contribution is -2.19. The van der Waals surface area contributed by atoms with Crippen molar-refractivity contribution in [1.29, 1.82) is 0 Å². The molecular formula is C17H16N4O3. The maximum Gasteiger partial charge on any atom is 0.337 e. The van der Waals surface area contributed by atoms with E-state index in [1.54, 1.807) is 38.1 Å². The van der Waals surface area contributed by atoms with Gasteiger partial charge in [-0.2, -0.15) is 5.10 Å². The Balaban J connectivity index is 2.07. The molecule has 0 fully saturated rings. The minimum atomic E-state index is -1.10. The minimum absolute atomic E-state index is 0.0435. The highest BCUT2D eigenvalue weighted by Gasteiger charge is 2.18. The van der Waals surface area contributed by atoms with Crippen molar-refractivity contribution < 1.29 is 14.7 Å². The Morgan fingerprint density at radius 2 is 1.88 bits per heavy atom. The number of carboxylic acid groups (broad SMARTS) is 1. The van der Waals surface area contributed by atoms with Gasteiger partial charge >= 0.3 is 5.97 Å². The van der Waals surface area contributed by atoms with Crippen LogP contribution in [0.3, 0.4) is 0 Å². The number of hydrogen-bond donors (Lipinski definition) is 2. The molecule has 0 aliphatic carbocycles. The first-order valence-electron chi connectivity index (χ1n) is 7.35. The minimum Gasteiger partial charge on any atom is -0.478 e. The highest BCUT2D eigenvalue weighted by atomic mass is 16.4. The standard InChI is InChI=1S/C17H16N4O3/c1-9-5-4-6-12(17(23)24)15(9)19-16(22)13-7-10(2)18-14-8-11(3)20-21(13)14/h4-8H,1-3H3,(H,19,22)(H,23,24). The lowest BCUT2D eigenvalue weighted by Gasteiger charge is -2.12.